The van der Waals surface area contributed by atoms with E-state index in [0.717, 1.165) is 27.9 Å². The Morgan fingerprint density at radius 2 is 1.85 bits per heavy atom. The zero-order chi connectivity index (χ0) is 18.5. The van der Waals surface area contributed by atoms with E-state index in [1.807, 2.05) is 36.4 Å². The third-order valence-electron chi connectivity index (χ3n) is 4.20. The van der Waals surface area contributed by atoms with Crippen molar-refractivity contribution in [3.8, 4) is 22.8 Å². The number of hydrogen-bond donors (Lipinski definition) is 2. The monoisotopic (exact) mass is 388 g/mol. The van der Waals surface area contributed by atoms with E-state index in [1.165, 1.54) is 5.56 Å². The number of hydrogen-bond acceptors (Lipinski definition) is 5. The second-order valence-electron chi connectivity index (χ2n) is 6.28. The molecule has 0 amide bonds. The number of nitrogens with zero attached hydrogens (tertiary/aromatic N) is 1. The van der Waals surface area contributed by atoms with Crippen LogP contribution in [-0.4, -0.2) is 43.5 Å². The smallest absolute Gasteiger partial charge is 0.131 e. The summed E-state index contributed by atoms with van der Waals surface area (Å²) < 4.78 is 11.2. The number of fused-ring (bicyclic) bond motifs is 1. The van der Waals surface area contributed by atoms with Gasteiger partial charge in [0.25, 0.3) is 0 Å². The average molecular weight is 389 g/mol. The lowest BCUT2D eigenvalue weighted by molar-refractivity contribution is 0.109. The number of ether oxygens (including phenoxy) is 2. The first-order valence-electron chi connectivity index (χ1n) is 8.62. The maximum Gasteiger partial charge on any atom is 0.131 e. The number of likely N-dealkylation sites (N-methyl/N-ethyl adjacent to an activating group) is 1. The maximum atomic E-state index is 9.96. The Kier molecular flexibility index (Phi) is 7.42. The van der Waals surface area contributed by atoms with Crippen molar-refractivity contribution >= 4 is 23.3 Å². The van der Waals surface area contributed by atoms with Gasteiger partial charge in [0, 0.05) is 29.6 Å². The molecular formula is C21H25ClN2O3. The predicted molar refractivity (Wildman–Crippen MR) is 111 cm³/mol. The number of pyridine rings is 1. The fourth-order valence-electron chi connectivity index (χ4n) is 2.78. The first-order chi connectivity index (χ1) is 12.6. The van der Waals surface area contributed by atoms with Gasteiger partial charge in [0.2, 0.25) is 0 Å². The fraction of sp³-hybridized carbons (Fsp3) is 0.286. The SMILES string of the molecule is CNCC(O)COc1cc(-c2ccc(C)cc2)nc2cc(OC)ccc12.Cl. The number of aromatic nitrogens is 1. The summed E-state index contributed by atoms with van der Waals surface area (Å²) in [6.07, 6.45) is -0.579. The van der Waals surface area contributed by atoms with E-state index in [0.29, 0.717) is 12.3 Å². The summed E-state index contributed by atoms with van der Waals surface area (Å²) in [5.41, 5.74) is 3.83. The Morgan fingerprint density at radius 3 is 2.52 bits per heavy atom. The van der Waals surface area contributed by atoms with Crippen LogP contribution in [0.5, 0.6) is 11.5 Å². The number of aliphatic hydroxyl groups is 1. The van der Waals surface area contributed by atoms with Crippen molar-refractivity contribution in [3.05, 3.63) is 54.1 Å². The molecular weight excluding hydrogens is 364 g/mol. The molecule has 2 aromatic carbocycles. The van der Waals surface area contributed by atoms with Crippen LogP contribution in [0.4, 0.5) is 0 Å². The van der Waals surface area contributed by atoms with Gasteiger partial charge in [-0.2, -0.15) is 0 Å². The van der Waals surface area contributed by atoms with Gasteiger partial charge in [-0.05, 0) is 26.1 Å². The molecule has 0 saturated carbocycles. The molecule has 0 saturated heterocycles. The molecule has 3 aromatic rings. The Hall–Kier alpha value is -2.34. The number of methoxy groups -OCH3 is 1. The van der Waals surface area contributed by atoms with Crippen molar-refractivity contribution in [2.45, 2.75) is 13.0 Å². The van der Waals surface area contributed by atoms with Crippen LogP contribution in [0.1, 0.15) is 5.56 Å². The summed E-state index contributed by atoms with van der Waals surface area (Å²) in [6, 6.07) is 15.8. The number of aryl methyl sites for hydroxylation is 1. The van der Waals surface area contributed by atoms with Crippen LogP contribution in [0.15, 0.2) is 48.5 Å². The molecule has 0 aliphatic heterocycles. The van der Waals surface area contributed by atoms with E-state index in [2.05, 4.69) is 24.4 Å². The Bertz CT molecular complexity index is 884. The highest BCUT2D eigenvalue weighted by molar-refractivity contribution is 5.89. The molecule has 0 aliphatic rings. The van der Waals surface area contributed by atoms with E-state index in [4.69, 9.17) is 14.5 Å². The highest BCUT2D eigenvalue weighted by atomic mass is 35.5. The highest BCUT2D eigenvalue weighted by Crippen LogP contribution is 2.32. The van der Waals surface area contributed by atoms with Crippen molar-refractivity contribution in [1.82, 2.24) is 10.3 Å². The third kappa shape index (κ3) is 5.10. The zero-order valence-electron chi connectivity index (χ0n) is 15.7. The normalized spacial score (nSPS) is 11.7. The lowest BCUT2D eigenvalue weighted by Crippen LogP contribution is -2.29. The fourth-order valence-corrected chi connectivity index (χ4v) is 2.78. The molecule has 0 spiro atoms. The van der Waals surface area contributed by atoms with Crippen LogP contribution >= 0.6 is 12.4 Å². The van der Waals surface area contributed by atoms with Gasteiger partial charge in [0.15, 0.2) is 0 Å². The lowest BCUT2D eigenvalue weighted by Gasteiger charge is -2.15. The van der Waals surface area contributed by atoms with Crippen LogP contribution < -0.4 is 14.8 Å². The Morgan fingerprint density at radius 1 is 1.11 bits per heavy atom. The number of rotatable bonds is 7. The van der Waals surface area contributed by atoms with Crippen LogP contribution in [0.25, 0.3) is 22.2 Å². The summed E-state index contributed by atoms with van der Waals surface area (Å²) in [7, 11) is 3.43. The number of halogens is 1. The van der Waals surface area contributed by atoms with Gasteiger partial charge in [-0.25, -0.2) is 4.98 Å². The first-order valence-corrected chi connectivity index (χ1v) is 8.62. The van der Waals surface area contributed by atoms with Gasteiger partial charge >= 0.3 is 0 Å². The molecule has 0 fully saturated rings. The minimum atomic E-state index is -0.579. The Labute approximate surface area is 165 Å². The molecule has 0 radical (unpaired) electrons. The van der Waals surface area contributed by atoms with E-state index < -0.39 is 6.10 Å². The molecule has 1 atom stereocenters. The molecule has 1 unspecified atom stereocenters. The second kappa shape index (κ2) is 9.55. The van der Waals surface area contributed by atoms with Gasteiger partial charge in [-0.3, -0.25) is 0 Å². The predicted octanol–water partition coefficient (Wildman–Crippen LogP) is 3.60. The molecule has 1 aromatic heterocycles. The molecule has 3 rings (SSSR count). The molecule has 2 N–H and O–H groups in total. The summed E-state index contributed by atoms with van der Waals surface area (Å²) in [6.45, 7) is 2.74. The molecule has 5 nitrogen and oxygen atoms in total. The molecule has 27 heavy (non-hydrogen) atoms. The van der Waals surface area contributed by atoms with E-state index >= 15 is 0 Å². The topological polar surface area (TPSA) is 63.6 Å². The second-order valence-corrected chi connectivity index (χ2v) is 6.28. The van der Waals surface area contributed by atoms with Crippen LogP contribution in [0, 0.1) is 6.92 Å². The average Bonchev–Trinajstić information content (AvgIpc) is 2.66. The van der Waals surface area contributed by atoms with Gasteiger partial charge in [0.05, 0.1) is 18.3 Å². The number of aliphatic hydroxyl groups excluding tert-OH is 1. The lowest BCUT2D eigenvalue weighted by atomic mass is 10.1. The summed E-state index contributed by atoms with van der Waals surface area (Å²) >= 11 is 0. The van der Waals surface area contributed by atoms with Crippen LogP contribution in [0.3, 0.4) is 0 Å². The van der Waals surface area contributed by atoms with Crippen molar-refractivity contribution < 1.29 is 14.6 Å². The van der Waals surface area contributed by atoms with Crippen molar-refractivity contribution in [1.29, 1.82) is 0 Å². The molecule has 1 heterocycles. The largest absolute Gasteiger partial charge is 0.497 e. The van der Waals surface area contributed by atoms with Crippen molar-refractivity contribution in [2.24, 2.45) is 0 Å². The zero-order valence-corrected chi connectivity index (χ0v) is 16.5. The quantitative estimate of drug-likeness (QED) is 0.647. The summed E-state index contributed by atoms with van der Waals surface area (Å²) in [5, 5.41) is 13.8. The molecule has 6 heteroatoms. The summed E-state index contributed by atoms with van der Waals surface area (Å²) in [5.74, 6) is 1.44. The number of benzene rings is 2. The molecule has 0 bridgehead atoms. The van der Waals surface area contributed by atoms with Gasteiger partial charge in [-0.1, -0.05) is 29.8 Å². The van der Waals surface area contributed by atoms with E-state index in [1.54, 1.807) is 14.2 Å². The minimum absolute atomic E-state index is 0. The third-order valence-corrected chi connectivity index (χ3v) is 4.20. The molecule has 0 aliphatic carbocycles. The maximum absolute atomic E-state index is 9.96. The van der Waals surface area contributed by atoms with Gasteiger partial charge in [-0.15, -0.1) is 12.4 Å². The number of nitrogens with one attached hydrogen (secondary N) is 1. The standard InChI is InChI=1S/C21H24N2O3.ClH/c1-14-4-6-15(7-5-14)19-11-21(26-13-16(24)12-22-2)18-9-8-17(25-3)10-20(18)23-19;/h4-11,16,22,24H,12-13H2,1-3H3;1H. The minimum Gasteiger partial charge on any atom is -0.497 e. The van der Waals surface area contributed by atoms with Crippen LogP contribution in [-0.2, 0) is 0 Å². The van der Waals surface area contributed by atoms with Crippen LogP contribution in [0.2, 0.25) is 0 Å². The van der Waals surface area contributed by atoms with Crippen molar-refractivity contribution in [2.75, 3.05) is 27.3 Å². The first kappa shape index (κ1) is 21.0. The summed E-state index contributed by atoms with van der Waals surface area (Å²) in [4.78, 5) is 4.77. The van der Waals surface area contributed by atoms with Gasteiger partial charge < -0.3 is 19.9 Å². The van der Waals surface area contributed by atoms with E-state index in [9.17, 15) is 5.11 Å². The molecule has 144 valence electrons. The highest BCUT2D eigenvalue weighted by Gasteiger charge is 2.12. The van der Waals surface area contributed by atoms with Gasteiger partial charge in [0.1, 0.15) is 24.2 Å². The van der Waals surface area contributed by atoms with E-state index in [-0.39, 0.29) is 19.0 Å². The van der Waals surface area contributed by atoms with Crippen molar-refractivity contribution in [3.63, 3.8) is 0 Å². The Balaban J connectivity index is 0.00000261.